The molecule has 0 aliphatic carbocycles. The number of nitrogens with zero attached hydrogens (tertiary/aromatic N) is 4. The Bertz CT molecular complexity index is 1080. The third-order valence-electron chi connectivity index (χ3n) is 5.85. The molecular formula is C22H26N4O3. The summed E-state index contributed by atoms with van der Waals surface area (Å²) in [5.74, 6) is 0. The van der Waals surface area contributed by atoms with Gasteiger partial charge in [0.25, 0.3) is 5.56 Å². The lowest BCUT2D eigenvalue weighted by atomic mass is 9.79. The van der Waals surface area contributed by atoms with Gasteiger partial charge < -0.3 is 19.1 Å². The number of hydrogen-bond acceptors (Lipinski definition) is 5. The van der Waals surface area contributed by atoms with Crippen LogP contribution in [0.2, 0.25) is 0 Å². The Kier molecular flexibility index (Phi) is 4.34. The molecule has 0 saturated carbocycles. The van der Waals surface area contributed by atoms with Gasteiger partial charge in [-0.1, -0.05) is 18.2 Å². The van der Waals surface area contributed by atoms with Gasteiger partial charge in [-0.3, -0.25) is 4.79 Å². The first kappa shape index (κ1) is 19.3. The maximum atomic E-state index is 12.8. The zero-order valence-corrected chi connectivity index (χ0v) is 17.4. The van der Waals surface area contributed by atoms with Gasteiger partial charge in [0, 0.05) is 44.0 Å². The number of pyridine rings is 1. The van der Waals surface area contributed by atoms with Crippen molar-refractivity contribution in [3.05, 3.63) is 40.2 Å². The minimum Gasteiger partial charge on any atom is -0.444 e. The van der Waals surface area contributed by atoms with Gasteiger partial charge in [0.15, 0.2) is 0 Å². The van der Waals surface area contributed by atoms with E-state index in [9.17, 15) is 14.9 Å². The highest BCUT2D eigenvalue weighted by molar-refractivity contribution is 5.95. The van der Waals surface area contributed by atoms with Gasteiger partial charge in [-0.25, -0.2) is 4.79 Å². The number of amides is 1. The average Bonchev–Trinajstić information content (AvgIpc) is 3.07. The molecule has 2 aliphatic rings. The standard InChI is InChI=1S/C22H26N4O3/c1-21(2,3)29-20(28)26-13-22(14-26)9-10-25(12-22)18-15-7-5-6-8-17(15)24(4)19(27)16(18)11-23/h5-8H,9-10,12-14H2,1-4H3. The van der Waals surface area contributed by atoms with Crippen LogP contribution in [-0.4, -0.2) is 47.3 Å². The number of fused-ring (bicyclic) bond motifs is 1. The number of rotatable bonds is 1. The number of likely N-dealkylation sites (tertiary alicyclic amines) is 1. The number of carbonyl (C=O) groups is 1. The molecule has 2 aliphatic heterocycles. The van der Waals surface area contributed by atoms with Crippen molar-refractivity contribution in [1.82, 2.24) is 9.47 Å². The van der Waals surface area contributed by atoms with E-state index in [-0.39, 0.29) is 22.6 Å². The molecule has 2 saturated heterocycles. The topological polar surface area (TPSA) is 78.6 Å². The monoisotopic (exact) mass is 394 g/mol. The number of ether oxygens (including phenoxy) is 1. The molecule has 4 rings (SSSR count). The summed E-state index contributed by atoms with van der Waals surface area (Å²) >= 11 is 0. The molecule has 1 aromatic heterocycles. The fourth-order valence-corrected chi connectivity index (χ4v) is 4.51. The number of carbonyl (C=O) groups excluding carboxylic acids is 1. The van der Waals surface area contributed by atoms with Crippen LogP contribution in [0.3, 0.4) is 0 Å². The second kappa shape index (κ2) is 6.51. The van der Waals surface area contributed by atoms with Gasteiger partial charge in [-0.05, 0) is 33.3 Å². The Hall–Kier alpha value is -3.01. The van der Waals surface area contributed by atoms with E-state index in [1.807, 2.05) is 45.0 Å². The van der Waals surface area contributed by atoms with Crippen molar-refractivity contribution in [3.8, 4) is 6.07 Å². The molecule has 0 N–H and O–H groups in total. The van der Waals surface area contributed by atoms with Crippen LogP contribution >= 0.6 is 0 Å². The Labute approximate surface area is 170 Å². The number of aryl methyl sites for hydroxylation is 1. The van der Waals surface area contributed by atoms with E-state index in [4.69, 9.17) is 4.74 Å². The first-order valence-corrected chi connectivity index (χ1v) is 9.89. The smallest absolute Gasteiger partial charge is 0.410 e. The first-order chi connectivity index (χ1) is 13.6. The molecule has 2 aromatic rings. The zero-order chi connectivity index (χ0) is 21.0. The molecule has 1 aromatic carbocycles. The summed E-state index contributed by atoms with van der Waals surface area (Å²) in [7, 11) is 1.70. The number of nitriles is 1. The second-order valence-corrected chi connectivity index (χ2v) is 9.22. The zero-order valence-electron chi connectivity index (χ0n) is 17.4. The summed E-state index contributed by atoms with van der Waals surface area (Å²) in [6.07, 6.45) is 0.638. The van der Waals surface area contributed by atoms with Gasteiger partial charge in [0.2, 0.25) is 0 Å². The van der Waals surface area contributed by atoms with Crippen LogP contribution < -0.4 is 10.5 Å². The fourth-order valence-electron chi connectivity index (χ4n) is 4.51. The van der Waals surface area contributed by atoms with E-state index >= 15 is 0 Å². The average molecular weight is 394 g/mol. The predicted molar refractivity (Wildman–Crippen MR) is 111 cm³/mol. The van der Waals surface area contributed by atoms with Crippen LogP contribution in [0.5, 0.6) is 0 Å². The molecule has 7 heteroatoms. The van der Waals surface area contributed by atoms with E-state index < -0.39 is 5.60 Å². The molecule has 152 valence electrons. The van der Waals surface area contributed by atoms with E-state index in [1.54, 1.807) is 11.9 Å². The maximum absolute atomic E-state index is 12.8. The first-order valence-electron chi connectivity index (χ1n) is 9.89. The van der Waals surface area contributed by atoms with Crippen LogP contribution in [0.15, 0.2) is 29.1 Å². The molecule has 0 unspecified atom stereocenters. The lowest BCUT2D eigenvalue weighted by Crippen LogP contribution is -2.60. The lowest BCUT2D eigenvalue weighted by molar-refractivity contribution is -0.0266. The van der Waals surface area contributed by atoms with Crippen molar-refractivity contribution in [1.29, 1.82) is 5.26 Å². The number of benzene rings is 1. The second-order valence-electron chi connectivity index (χ2n) is 9.22. The van der Waals surface area contributed by atoms with Crippen molar-refractivity contribution in [2.75, 3.05) is 31.1 Å². The molecule has 7 nitrogen and oxygen atoms in total. The van der Waals surface area contributed by atoms with Crippen molar-refractivity contribution in [2.24, 2.45) is 12.5 Å². The van der Waals surface area contributed by atoms with E-state index in [0.717, 1.165) is 36.1 Å². The molecule has 0 atom stereocenters. The summed E-state index contributed by atoms with van der Waals surface area (Å²) in [4.78, 5) is 28.9. The van der Waals surface area contributed by atoms with Crippen molar-refractivity contribution >= 4 is 22.7 Å². The highest BCUT2D eigenvalue weighted by atomic mass is 16.6. The Balaban J connectivity index is 1.61. The number of anilines is 1. The normalized spacial score (nSPS) is 18.0. The molecule has 2 fully saturated rings. The minimum atomic E-state index is -0.508. The van der Waals surface area contributed by atoms with Crippen LogP contribution in [0.25, 0.3) is 10.9 Å². The maximum Gasteiger partial charge on any atom is 0.410 e. The molecule has 0 radical (unpaired) electrons. The quantitative estimate of drug-likeness (QED) is 0.743. The third kappa shape index (κ3) is 3.23. The van der Waals surface area contributed by atoms with Crippen LogP contribution in [-0.2, 0) is 11.8 Å². The molecule has 0 bridgehead atoms. The summed E-state index contributed by atoms with van der Waals surface area (Å²) < 4.78 is 7.00. The number of aromatic nitrogens is 1. The summed E-state index contributed by atoms with van der Waals surface area (Å²) in [5.41, 5.74) is 0.936. The van der Waals surface area contributed by atoms with Crippen molar-refractivity contribution in [3.63, 3.8) is 0 Å². The Morgan fingerprint density at radius 2 is 1.90 bits per heavy atom. The SMILES string of the molecule is Cn1c(=O)c(C#N)c(N2CCC3(CN(C(=O)OC(C)(C)C)C3)C2)c2ccccc21. The highest BCUT2D eigenvalue weighted by Crippen LogP contribution is 2.43. The molecule has 1 spiro atoms. The largest absolute Gasteiger partial charge is 0.444 e. The summed E-state index contributed by atoms with van der Waals surface area (Å²) in [5, 5.41) is 10.6. The highest BCUT2D eigenvalue weighted by Gasteiger charge is 2.50. The fraction of sp³-hybridized carbons (Fsp3) is 0.500. The van der Waals surface area contributed by atoms with Gasteiger partial charge in [0.05, 0.1) is 11.2 Å². The van der Waals surface area contributed by atoms with Crippen LogP contribution in [0.4, 0.5) is 10.5 Å². The van der Waals surface area contributed by atoms with E-state index in [2.05, 4.69) is 11.0 Å². The molecule has 1 amide bonds. The van der Waals surface area contributed by atoms with Gasteiger partial charge >= 0.3 is 6.09 Å². The number of para-hydroxylation sites is 1. The van der Waals surface area contributed by atoms with Gasteiger partial charge in [-0.2, -0.15) is 5.26 Å². The molecular weight excluding hydrogens is 368 g/mol. The Morgan fingerprint density at radius 1 is 1.21 bits per heavy atom. The van der Waals surface area contributed by atoms with E-state index in [1.165, 1.54) is 4.57 Å². The summed E-state index contributed by atoms with van der Waals surface area (Å²) in [6.45, 7) is 8.35. The van der Waals surface area contributed by atoms with Crippen LogP contribution in [0.1, 0.15) is 32.8 Å². The van der Waals surface area contributed by atoms with Crippen molar-refractivity contribution < 1.29 is 9.53 Å². The van der Waals surface area contributed by atoms with Gasteiger partial charge in [-0.15, -0.1) is 0 Å². The van der Waals surface area contributed by atoms with E-state index in [0.29, 0.717) is 13.1 Å². The van der Waals surface area contributed by atoms with Crippen molar-refractivity contribution in [2.45, 2.75) is 32.8 Å². The third-order valence-corrected chi connectivity index (χ3v) is 5.85. The summed E-state index contributed by atoms with van der Waals surface area (Å²) in [6, 6.07) is 9.82. The number of hydrogen-bond donors (Lipinski definition) is 0. The minimum absolute atomic E-state index is 0.00812. The lowest BCUT2D eigenvalue weighted by Gasteiger charge is -2.47. The van der Waals surface area contributed by atoms with Crippen LogP contribution in [0, 0.1) is 16.7 Å². The molecule has 3 heterocycles. The molecule has 29 heavy (non-hydrogen) atoms. The predicted octanol–water partition coefficient (Wildman–Crippen LogP) is 2.86. The van der Waals surface area contributed by atoms with Gasteiger partial charge in [0.1, 0.15) is 17.2 Å². The Morgan fingerprint density at radius 3 is 2.55 bits per heavy atom.